The molecule has 1 aliphatic rings. The van der Waals surface area contributed by atoms with E-state index in [1.165, 1.54) is 0 Å². The summed E-state index contributed by atoms with van der Waals surface area (Å²) in [5.74, 6) is -0.393. The van der Waals surface area contributed by atoms with Crippen LogP contribution in [0.25, 0.3) is 11.0 Å². The van der Waals surface area contributed by atoms with Gasteiger partial charge in [-0.1, -0.05) is 12.1 Å². The highest BCUT2D eigenvalue weighted by Crippen LogP contribution is 2.27. The molecule has 0 radical (unpaired) electrons. The fourth-order valence-corrected chi connectivity index (χ4v) is 4.59. The van der Waals surface area contributed by atoms with Crippen molar-refractivity contribution < 1.29 is 13.2 Å². The molecule has 2 aromatic rings. The Balaban J connectivity index is 1.68. The number of amides is 1. The molecule has 1 amide bonds. The van der Waals surface area contributed by atoms with Gasteiger partial charge in [0.15, 0.2) is 14.6 Å². The molecule has 0 saturated carbocycles. The van der Waals surface area contributed by atoms with E-state index in [4.69, 9.17) is 0 Å². The highest BCUT2D eigenvalue weighted by Gasteiger charge is 2.48. The third kappa shape index (κ3) is 3.03. The van der Waals surface area contributed by atoms with Gasteiger partial charge in [-0.3, -0.25) is 4.79 Å². The predicted octanol–water partition coefficient (Wildman–Crippen LogP) is 0.319. The fourth-order valence-electron chi connectivity index (χ4n) is 3.24. The second-order valence-electron chi connectivity index (χ2n) is 6.20. The smallest absolute Gasteiger partial charge is 0.241 e. The van der Waals surface area contributed by atoms with Crippen LogP contribution in [0.2, 0.25) is 0 Å². The molecule has 8 heteroatoms. The standard InChI is InChI=1S/C16H22N4O3S/c1-24(22,23)16(6-8-17-9-7-16)15(21)18-10-11-20-12-19-13-4-2-3-5-14(13)20/h2-5,12,17H,6-11H2,1H3,(H,18,21). The summed E-state index contributed by atoms with van der Waals surface area (Å²) < 4.78 is 25.1. The van der Waals surface area contributed by atoms with E-state index in [1.54, 1.807) is 6.33 Å². The van der Waals surface area contributed by atoms with E-state index in [0.29, 0.717) is 39.0 Å². The van der Waals surface area contributed by atoms with E-state index in [9.17, 15) is 13.2 Å². The molecular weight excluding hydrogens is 328 g/mol. The van der Waals surface area contributed by atoms with E-state index in [0.717, 1.165) is 17.3 Å². The number of fused-ring (bicyclic) bond motifs is 1. The zero-order valence-corrected chi connectivity index (χ0v) is 14.5. The third-order valence-corrected chi connectivity index (χ3v) is 6.71. The molecule has 1 aromatic heterocycles. The number of rotatable bonds is 5. The number of benzene rings is 1. The van der Waals surface area contributed by atoms with Gasteiger partial charge in [0, 0.05) is 19.3 Å². The Bertz CT molecular complexity index is 838. The lowest BCUT2D eigenvalue weighted by molar-refractivity contribution is -0.124. The van der Waals surface area contributed by atoms with Gasteiger partial charge in [-0.25, -0.2) is 13.4 Å². The van der Waals surface area contributed by atoms with Crippen molar-refractivity contribution in [2.75, 3.05) is 25.9 Å². The summed E-state index contributed by atoms with van der Waals surface area (Å²) in [6, 6.07) is 7.76. The monoisotopic (exact) mass is 350 g/mol. The second-order valence-corrected chi connectivity index (χ2v) is 8.52. The highest BCUT2D eigenvalue weighted by atomic mass is 32.2. The van der Waals surface area contributed by atoms with Gasteiger partial charge in [-0.2, -0.15) is 0 Å². The molecule has 0 bridgehead atoms. The van der Waals surface area contributed by atoms with Crippen LogP contribution in [0.5, 0.6) is 0 Å². The molecular formula is C16H22N4O3S. The van der Waals surface area contributed by atoms with Crippen LogP contribution in [-0.4, -0.2) is 54.5 Å². The molecule has 1 aromatic carbocycles. The number of hydrogen-bond donors (Lipinski definition) is 2. The number of carbonyl (C=O) groups is 1. The molecule has 1 saturated heterocycles. The maximum atomic E-state index is 12.6. The quantitative estimate of drug-likeness (QED) is 0.810. The van der Waals surface area contributed by atoms with E-state index in [2.05, 4.69) is 15.6 Å². The Morgan fingerprint density at radius 1 is 1.33 bits per heavy atom. The second kappa shape index (κ2) is 6.52. The molecule has 2 heterocycles. The van der Waals surface area contributed by atoms with Crippen molar-refractivity contribution in [1.29, 1.82) is 0 Å². The topological polar surface area (TPSA) is 93.1 Å². The number of para-hydroxylation sites is 2. The number of carbonyl (C=O) groups excluding carboxylic acids is 1. The van der Waals surface area contributed by atoms with Crippen LogP contribution >= 0.6 is 0 Å². The summed E-state index contributed by atoms with van der Waals surface area (Å²) in [4.78, 5) is 16.9. The summed E-state index contributed by atoms with van der Waals surface area (Å²) >= 11 is 0. The zero-order chi connectivity index (χ0) is 17.2. The summed E-state index contributed by atoms with van der Waals surface area (Å²) in [5, 5.41) is 5.92. The lowest BCUT2D eigenvalue weighted by Crippen LogP contribution is -2.57. The largest absolute Gasteiger partial charge is 0.353 e. The highest BCUT2D eigenvalue weighted by molar-refractivity contribution is 7.92. The summed E-state index contributed by atoms with van der Waals surface area (Å²) in [6.07, 6.45) is 3.51. The number of aromatic nitrogens is 2. The minimum absolute atomic E-state index is 0.311. The molecule has 0 unspecified atom stereocenters. The van der Waals surface area contributed by atoms with Crippen molar-refractivity contribution >= 4 is 26.8 Å². The number of sulfone groups is 1. The molecule has 1 fully saturated rings. The lowest BCUT2D eigenvalue weighted by Gasteiger charge is -2.34. The normalized spacial score (nSPS) is 17.7. The molecule has 24 heavy (non-hydrogen) atoms. The van der Waals surface area contributed by atoms with Crippen LogP contribution in [-0.2, 0) is 21.2 Å². The third-order valence-electron chi connectivity index (χ3n) is 4.70. The summed E-state index contributed by atoms with van der Waals surface area (Å²) in [5.41, 5.74) is 1.89. The van der Waals surface area contributed by atoms with Gasteiger partial charge < -0.3 is 15.2 Å². The Morgan fingerprint density at radius 2 is 2.04 bits per heavy atom. The average Bonchev–Trinajstić information content (AvgIpc) is 2.98. The predicted molar refractivity (Wildman–Crippen MR) is 92.4 cm³/mol. The molecule has 2 N–H and O–H groups in total. The molecule has 0 atom stereocenters. The fraction of sp³-hybridized carbons (Fsp3) is 0.500. The van der Waals surface area contributed by atoms with Crippen molar-refractivity contribution in [3.05, 3.63) is 30.6 Å². The number of nitrogens with one attached hydrogen (secondary N) is 2. The zero-order valence-electron chi connectivity index (χ0n) is 13.7. The van der Waals surface area contributed by atoms with Gasteiger partial charge in [0.05, 0.1) is 17.4 Å². The molecule has 3 rings (SSSR count). The Hall–Kier alpha value is -1.93. The van der Waals surface area contributed by atoms with Gasteiger partial charge in [0.1, 0.15) is 0 Å². The van der Waals surface area contributed by atoms with Crippen LogP contribution in [0.1, 0.15) is 12.8 Å². The van der Waals surface area contributed by atoms with Crippen LogP contribution in [0.3, 0.4) is 0 Å². The summed E-state index contributed by atoms with van der Waals surface area (Å²) in [7, 11) is -3.48. The SMILES string of the molecule is CS(=O)(=O)C1(C(=O)NCCn2cnc3ccccc32)CCNCC1. The molecule has 0 aliphatic carbocycles. The van der Waals surface area contributed by atoms with Crippen LogP contribution < -0.4 is 10.6 Å². The number of nitrogens with zero attached hydrogens (tertiary/aromatic N) is 2. The van der Waals surface area contributed by atoms with Crippen molar-refractivity contribution in [2.45, 2.75) is 24.1 Å². The first-order valence-electron chi connectivity index (χ1n) is 8.02. The van der Waals surface area contributed by atoms with E-state index in [-0.39, 0.29) is 0 Å². The first-order chi connectivity index (χ1) is 11.4. The first kappa shape index (κ1) is 16.9. The van der Waals surface area contributed by atoms with E-state index < -0.39 is 20.5 Å². The van der Waals surface area contributed by atoms with Gasteiger partial charge in [0.2, 0.25) is 5.91 Å². The minimum Gasteiger partial charge on any atom is -0.353 e. The van der Waals surface area contributed by atoms with E-state index in [1.807, 2.05) is 28.8 Å². The molecule has 7 nitrogen and oxygen atoms in total. The first-order valence-corrected chi connectivity index (χ1v) is 9.92. The molecule has 0 spiro atoms. The van der Waals surface area contributed by atoms with Gasteiger partial charge in [0.25, 0.3) is 0 Å². The Labute approximate surface area is 141 Å². The average molecular weight is 350 g/mol. The van der Waals surface area contributed by atoms with Crippen molar-refractivity contribution in [3.8, 4) is 0 Å². The van der Waals surface area contributed by atoms with Crippen molar-refractivity contribution in [3.63, 3.8) is 0 Å². The minimum atomic E-state index is -3.48. The molecule has 1 aliphatic heterocycles. The van der Waals surface area contributed by atoms with Gasteiger partial charge in [-0.15, -0.1) is 0 Å². The number of imidazole rings is 1. The van der Waals surface area contributed by atoms with Crippen molar-refractivity contribution in [2.24, 2.45) is 0 Å². The van der Waals surface area contributed by atoms with Gasteiger partial charge >= 0.3 is 0 Å². The van der Waals surface area contributed by atoms with Crippen LogP contribution in [0, 0.1) is 0 Å². The maximum absolute atomic E-state index is 12.6. The molecule has 130 valence electrons. The van der Waals surface area contributed by atoms with Crippen molar-refractivity contribution in [1.82, 2.24) is 20.2 Å². The van der Waals surface area contributed by atoms with E-state index >= 15 is 0 Å². The number of piperidine rings is 1. The Kier molecular flexibility index (Phi) is 4.60. The van der Waals surface area contributed by atoms with Crippen LogP contribution in [0.15, 0.2) is 30.6 Å². The van der Waals surface area contributed by atoms with Gasteiger partial charge in [-0.05, 0) is 38.1 Å². The lowest BCUT2D eigenvalue weighted by atomic mass is 9.96. The van der Waals surface area contributed by atoms with Crippen LogP contribution in [0.4, 0.5) is 0 Å². The Morgan fingerprint density at radius 3 is 2.75 bits per heavy atom. The maximum Gasteiger partial charge on any atom is 0.241 e. The number of hydrogen-bond acceptors (Lipinski definition) is 5. The summed E-state index contributed by atoms with van der Waals surface area (Å²) in [6.45, 7) is 1.98.